The summed E-state index contributed by atoms with van der Waals surface area (Å²) >= 11 is 0. The Bertz CT molecular complexity index is 690. The van der Waals surface area contributed by atoms with Gasteiger partial charge in [0.15, 0.2) is 0 Å². The van der Waals surface area contributed by atoms with Crippen LogP contribution in [0.1, 0.15) is 15.9 Å². The van der Waals surface area contributed by atoms with Gasteiger partial charge in [-0.3, -0.25) is 4.79 Å². The maximum atomic E-state index is 12.1. The molecular formula is C15H12N2O3. The smallest absolute Gasteiger partial charge is 0.255 e. The quantitative estimate of drug-likeness (QED) is 0.896. The molecule has 0 heterocycles. The molecule has 0 aromatic heterocycles. The summed E-state index contributed by atoms with van der Waals surface area (Å²) in [6.07, 6.45) is 0. The molecule has 2 aromatic rings. The van der Waals surface area contributed by atoms with Crippen molar-refractivity contribution in [3.63, 3.8) is 0 Å². The normalized spacial score (nSPS) is 9.60. The van der Waals surface area contributed by atoms with Crippen LogP contribution < -0.4 is 10.1 Å². The van der Waals surface area contributed by atoms with Gasteiger partial charge in [0, 0.05) is 5.56 Å². The predicted molar refractivity (Wildman–Crippen MR) is 73.8 cm³/mol. The number of aromatic hydroxyl groups is 1. The first kappa shape index (κ1) is 13.4. The van der Waals surface area contributed by atoms with Gasteiger partial charge >= 0.3 is 0 Å². The number of nitrogens with zero attached hydrogens (tertiary/aromatic N) is 1. The van der Waals surface area contributed by atoms with Crippen LogP contribution in [0.2, 0.25) is 0 Å². The highest BCUT2D eigenvalue weighted by molar-refractivity contribution is 6.06. The molecule has 0 aliphatic rings. The van der Waals surface area contributed by atoms with Gasteiger partial charge in [0.25, 0.3) is 5.91 Å². The number of hydrogen-bond donors (Lipinski definition) is 2. The Morgan fingerprint density at radius 3 is 2.70 bits per heavy atom. The molecule has 0 bridgehead atoms. The van der Waals surface area contributed by atoms with Gasteiger partial charge < -0.3 is 15.2 Å². The van der Waals surface area contributed by atoms with Crippen molar-refractivity contribution < 1.29 is 14.6 Å². The molecule has 0 unspecified atom stereocenters. The lowest BCUT2D eigenvalue weighted by atomic mass is 10.1. The summed E-state index contributed by atoms with van der Waals surface area (Å²) in [5.41, 5.74) is 0.906. The van der Waals surface area contributed by atoms with Crippen molar-refractivity contribution in [1.29, 1.82) is 5.26 Å². The molecule has 0 fully saturated rings. The van der Waals surface area contributed by atoms with Gasteiger partial charge in [-0.05, 0) is 30.3 Å². The van der Waals surface area contributed by atoms with Crippen molar-refractivity contribution in [3.05, 3.63) is 53.6 Å². The fraction of sp³-hybridized carbons (Fsp3) is 0.0667. The number of phenols is 1. The molecule has 0 radical (unpaired) electrons. The molecule has 100 valence electrons. The van der Waals surface area contributed by atoms with E-state index in [4.69, 9.17) is 10.00 Å². The Labute approximate surface area is 116 Å². The number of carbonyl (C=O) groups is 1. The lowest BCUT2D eigenvalue weighted by molar-refractivity contribution is 0.102. The zero-order chi connectivity index (χ0) is 14.5. The monoisotopic (exact) mass is 268 g/mol. The molecule has 0 spiro atoms. The lowest BCUT2D eigenvalue weighted by Crippen LogP contribution is -2.13. The van der Waals surface area contributed by atoms with Crippen LogP contribution in [0, 0.1) is 11.3 Å². The summed E-state index contributed by atoms with van der Waals surface area (Å²) in [7, 11) is 1.46. The van der Waals surface area contributed by atoms with Gasteiger partial charge in [0.05, 0.1) is 12.7 Å². The molecule has 2 aromatic carbocycles. The van der Waals surface area contributed by atoms with E-state index in [1.165, 1.54) is 19.2 Å². The standard InChI is InChI=1S/C15H12N2O3/c1-20-13-7-3-5-11(9-16)14(13)17-15(19)10-4-2-6-12(18)8-10/h2-8,18H,1H3,(H,17,19). The number of ether oxygens (including phenoxy) is 1. The number of phenolic OH excluding ortho intramolecular Hbond substituents is 1. The molecule has 20 heavy (non-hydrogen) atoms. The van der Waals surface area contributed by atoms with Gasteiger partial charge in [-0.2, -0.15) is 5.26 Å². The third-order valence-corrected chi connectivity index (χ3v) is 2.71. The maximum Gasteiger partial charge on any atom is 0.255 e. The van der Waals surface area contributed by atoms with E-state index >= 15 is 0 Å². The van der Waals surface area contributed by atoms with Crippen LogP contribution in [-0.4, -0.2) is 18.1 Å². The van der Waals surface area contributed by atoms with Gasteiger partial charge in [-0.25, -0.2) is 0 Å². The largest absolute Gasteiger partial charge is 0.508 e. The van der Waals surface area contributed by atoms with Crippen LogP contribution in [0.3, 0.4) is 0 Å². The topological polar surface area (TPSA) is 82.3 Å². The predicted octanol–water partition coefficient (Wildman–Crippen LogP) is 2.52. The van der Waals surface area contributed by atoms with Gasteiger partial charge in [-0.15, -0.1) is 0 Å². The van der Waals surface area contributed by atoms with E-state index in [-0.39, 0.29) is 5.75 Å². The third kappa shape index (κ3) is 2.70. The van der Waals surface area contributed by atoms with Crippen molar-refractivity contribution in [2.24, 2.45) is 0 Å². The molecule has 2 rings (SSSR count). The van der Waals surface area contributed by atoms with E-state index in [1.54, 1.807) is 30.3 Å². The lowest BCUT2D eigenvalue weighted by Gasteiger charge is -2.11. The molecule has 0 aliphatic heterocycles. The number of anilines is 1. The van der Waals surface area contributed by atoms with Crippen molar-refractivity contribution in [2.45, 2.75) is 0 Å². The average Bonchev–Trinajstić information content (AvgIpc) is 2.47. The number of benzene rings is 2. The Balaban J connectivity index is 2.35. The minimum Gasteiger partial charge on any atom is -0.508 e. The Hall–Kier alpha value is -3.00. The Kier molecular flexibility index (Phi) is 3.87. The third-order valence-electron chi connectivity index (χ3n) is 2.71. The summed E-state index contributed by atoms with van der Waals surface area (Å²) in [4.78, 5) is 12.1. The number of para-hydroxylation sites is 1. The van der Waals surface area contributed by atoms with Gasteiger partial charge in [-0.1, -0.05) is 12.1 Å². The van der Waals surface area contributed by atoms with E-state index in [0.29, 0.717) is 22.6 Å². The number of nitriles is 1. The average molecular weight is 268 g/mol. The fourth-order valence-electron chi connectivity index (χ4n) is 1.76. The number of amides is 1. The van der Waals surface area contributed by atoms with Crippen molar-refractivity contribution in [3.8, 4) is 17.6 Å². The van der Waals surface area contributed by atoms with Crippen molar-refractivity contribution in [2.75, 3.05) is 12.4 Å². The van der Waals surface area contributed by atoms with Crippen LogP contribution >= 0.6 is 0 Å². The molecule has 0 saturated heterocycles. The van der Waals surface area contributed by atoms with E-state index in [1.807, 2.05) is 6.07 Å². The summed E-state index contributed by atoms with van der Waals surface area (Å²) in [6, 6.07) is 12.8. The summed E-state index contributed by atoms with van der Waals surface area (Å²) in [5.74, 6) is -0.0300. The van der Waals surface area contributed by atoms with Crippen LogP contribution in [0.4, 0.5) is 5.69 Å². The number of rotatable bonds is 3. The highest BCUT2D eigenvalue weighted by atomic mass is 16.5. The van der Waals surface area contributed by atoms with Gasteiger partial charge in [0.2, 0.25) is 0 Å². The van der Waals surface area contributed by atoms with E-state index in [0.717, 1.165) is 0 Å². The molecule has 1 amide bonds. The summed E-state index contributed by atoms with van der Waals surface area (Å²) < 4.78 is 5.13. The first-order valence-electron chi connectivity index (χ1n) is 5.83. The zero-order valence-corrected chi connectivity index (χ0v) is 10.8. The minimum absolute atomic E-state index is 0.00168. The Morgan fingerprint density at radius 2 is 2.05 bits per heavy atom. The zero-order valence-electron chi connectivity index (χ0n) is 10.8. The number of methoxy groups -OCH3 is 1. The fourth-order valence-corrected chi connectivity index (χ4v) is 1.76. The number of carbonyl (C=O) groups excluding carboxylic acids is 1. The molecule has 0 saturated carbocycles. The molecule has 2 N–H and O–H groups in total. The molecule has 0 aliphatic carbocycles. The van der Waals surface area contributed by atoms with Gasteiger partial charge in [0.1, 0.15) is 23.3 Å². The van der Waals surface area contributed by atoms with Crippen LogP contribution in [-0.2, 0) is 0 Å². The Morgan fingerprint density at radius 1 is 1.30 bits per heavy atom. The van der Waals surface area contributed by atoms with Crippen LogP contribution in [0.25, 0.3) is 0 Å². The van der Waals surface area contributed by atoms with E-state index in [9.17, 15) is 9.90 Å². The second kappa shape index (κ2) is 5.76. The second-order valence-corrected chi connectivity index (χ2v) is 4.00. The SMILES string of the molecule is COc1cccc(C#N)c1NC(=O)c1cccc(O)c1. The number of hydrogen-bond acceptors (Lipinski definition) is 4. The molecule has 0 atom stereocenters. The highest BCUT2D eigenvalue weighted by Gasteiger charge is 2.13. The van der Waals surface area contributed by atoms with Crippen molar-refractivity contribution in [1.82, 2.24) is 0 Å². The summed E-state index contributed by atoms with van der Waals surface area (Å²) in [6.45, 7) is 0. The van der Waals surface area contributed by atoms with Crippen LogP contribution in [0.15, 0.2) is 42.5 Å². The maximum absolute atomic E-state index is 12.1. The van der Waals surface area contributed by atoms with Crippen molar-refractivity contribution >= 4 is 11.6 Å². The highest BCUT2D eigenvalue weighted by Crippen LogP contribution is 2.28. The van der Waals surface area contributed by atoms with Crippen LogP contribution in [0.5, 0.6) is 11.5 Å². The first-order valence-corrected chi connectivity index (χ1v) is 5.83. The summed E-state index contributed by atoms with van der Waals surface area (Å²) in [5, 5.41) is 21.1. The second-order valence-electron chi connectivity index (χ2n) is 4.00. The first-order chi connectivity index (χ1) is 9.65. The van der Waals surface area contributed by atoms with E-state index < -0.39 is 5.91 Å². The molecule has 5 heteroatoms. The molecule has 5 nitrogen and oxygen atoms in total. The number of nitrogens with one attached hydrogen (secondary N) is 1. The molecular weight excluding hydrogens is 256 g/mol. The van der Waals surface area contributed by atoms with E-state index in [2.05, 4.69) is 5.32 Å². The minimum atomic E-state index is -0.429.